The third-order valence-electron chi connectivity index (χ3n) is 5.48. The van der Waals surface area contributed by atoms with Crippen LogP contribution >= 0.6 is 0 Å². The van der Waals surface area contributed by atoms with Crippen molar-refractivity contribution in [1.29, 1.82) is 0 Å². The predicted molar refractivity (Wildman–Crippen MR) is 108 cm³/mol. The second-order valence-electron chi connectivity index (χ2n) is 7.28. The van der Waals surface area contributed by atoms with Gasteiger partial charge in [-0.2, -0.15) is 0 Å². The molecule has 0 aliphatic carbocycles. The topological polar surface area (TPSA) is 49.9 Å². The summed E-state index contributed by atoms with van der Waals surface area (Å²) in [4.78, 5) is 29.7. The maximum absolute atomic E-state index is 13.4. The molecule has 6 heteroatoms. The minimum Gasteiger partial charge on any atom is -0.497 e. The predicted octanol–water partition coefficient (Wildman–Crippen LogP) is 3.25. The van der Waals surface area contributed by atoms with E-state index >= 15 is 0 Å². The van der Waals surface area contributed by atoms with Gasteiger partial charge in [-0.25, -0.2) is 4.39 Å². The van der Waals surface area contributed by atoms with Crippen molar-refractivity contribution in [3.05, 3.63) is 71.2 Å². The molecule has 150 valence electrons. The molecule has 2 aliphatic rings. The summed E-state index contributed by atoms with van der Waals surface area (Å²) in [6.07, 6.45) is 2.55. The number of benzene rings is 2. The molecule has 0 spiro atoms. The third kappa shape index (κ3) is 3.75. The van der Waals surface area contributed by atoms with Crippen LogP contribution in [0.15, 0.2) is 54.2 Å². The third-order valence-corrected chi connectivity index (χ3v) is 5.48. The fourth-order valence-corrected chi connectivity index (χ4v) is 3.91. The van der Waals surface area contributed by atoms with Gasteiger partial charge < -0.3 is 9.64 Å². The molecule has 0 bridgehead atoms. The molecule has 0 N–H and O–H groups in total. The number of rotatable bonds is 6. The maximum atomic E-state index is 13.4. The molecule has 4 rings (SSSR count). The maximum Gasteiger partial charge on any atom is 0.277 e. The summed E-state index contributed by atoms with van der Waals surface area (Å²) in [5.74, 6) is -0.175. The van der Waals surface area contributed by atoms with Gasteiger partial charge in [0, 0.05) is 19.6 Å². The van der Waals surface area contributed by atoms with E-state index in [0.717, 1.165) is 37.2 Å². The number of hydrogen-bond donors (Lipinski definition) is 0. The molecule has 1 fully saturated rings. The van der Waals surface area contributed by atoms with Gasteiger partial charge in [-0.1, -0.05) is 24.3 Å². The first-order valence-corrected chi connectivity index (χ1v) is 9.83. The summed E-state index contributed by atoms with van der Waals surface area (Å²) in [7, 11) is 1.61. The smallest absolute Gasteiger partial charge is 0.277 e. The van der Waals surface area contributed by atoms with Gasteiger partial charge >= 0.3 is 0 Å². The first kappa shape index (κ1) is 19.2. The standard InChI is InChI=1S/C23H23FN2O3/c1-29-19-10-4-16(5-11-19)12-15-26-22(27)20(17-6-8-18(24)9-7-17)21(23(26)28)25-13-2-3-14-25/h4-11H,2-3,12-15H2,1H3. The minimum absolute atomic E-state index is 0.260. The lowest BCUT2D eigenvalue weighted by atomic mass is 10.0. The van der Waals surface area contributed by atoms with E-state index in [0.29, 0.717) is 29.8 Å². The summed E-state index contributed by atoms with van der Waals surface area (Å²) in [5.41, 5.74) is 2.43. The second kappa shape index (κ2) is 8.07. The number of carbonyl (C=O) groups excluding carboxylic acids is 2. The first-order valence-electron chi connectivity index (χ1n) is 9.83. The molecular weight excluding hydrogens is 371 g/mol. The molecule has 0 radical (unpaired) electrons. The highest BCUT2D eigenvalue weighted by molar-refractivity contribution is 6.35. The van der Waals surface area contributed by atoms with Crippen LogP contribution in [0.1, 0.15) is 24.0 Å². The average Bonchev–Trinajstić information content (AvgIpc) is 3.34. The van der Waals surface area contributed by atoms with Crippen molar-refractivity contribution in [3.8, 4) is 5.75 Å². The number of nitrogens with zero attached hydrogens (tertiary/aromatic N) is 2. The zero-order chi connectivity index (χ0) is 20.4. The summed E-state index contributed by atoms with van der Waals surface area (Å²) >= 11 is 0. The van der Waals surface area contributed by atoms with Gasteiger partial charge in [0.2, 0.25) is 0 Å². The van der Waals surface area contributed by atoms with E-state index in [1.165, 1.54) is 17.0 Å². The highest BCUT2D eigenvalue weighted by Crippen LogP contribution is 2.33. The van der Waals surface area contributed by atoms with Crippen LogP contribution in [0.2, 0.25) is 0 Å². The van der Waals surface area contributed by atoms with Gasteiger partial charge in [-0.3, -0.25) is 14.5 Å². The molecule has 2 aliphatic heterocycles. The number of amides is 2. The van der Waals surface area contributed by atoms with Crippen LogP contribution in [-0.2, 0) is 16.0 Å². The van der Waals surface area contributed by atoms with Crippen molar-refractivity contribution in [1.82, 2.24) is 9.80 Å². The SMILES string of the molecule is COc1ccc(CCN2C(=O)C(c3ccc(F)cc3)=C(N3CCCC3)C2=O)cc1. The van der Waals surface area contributed by atoms with Gasteiger partial charge in [0.25, 0.3) is 11.8 Å². The van der Waals surface area contributed by atoms with Crippen molar-refractivity contribution in [3.63, 3.8) is 0 Å². The van der Waals surface area contributed by atoms with E-state index in [1.807, 2.05) is 29.2 Å². The highest BCUT2D eigenvalue weighted by atomic mass is 19.1. The van der Waals surface area contributed by atoms with Crippen molar-refractivity contribution in [2.45, 2.75) is 19.3 Å². The highest BCUT2D eigenvalue weighted by Gasteiger charge is 2.41. The van der Waals surface area contributed by atoms with E-state index in [1.54, 1.807) is 19.2 Å². The molecule has 2 heterocycles. The van der Waals surface area contributed by atoms with Crippen molar-refractivity contribution in [2.75, 3.05) is 26.7 Å². The lowest BCUT2D eigenvalue weighted by Gasteiger charge is -2.20. The molecule has 0 atom stereocenters. The Bertz CT molecular complexity index is 945. The van der Waals surface area contributed by atoms with Crippen LogP contribution < -0.4 is 4.74 Å². The molecule has 0 aromatic heterocycles. The number of halogens is 1. The van der Waals surface area contributed by atoms with E-state index < -0.39 is 0 Å². The molecule has 2 amide bonds. The zero-order valence-corrected chi connectivity index (χ0v) is 16.4. The Morgan fingerprint density at radius 1 is 0.931 bits per heavy atom. The van der Waals surface area contributed by atoms with Crippen molar-refractivity contribution >= 4 is 17.4 Å². The van der Waals surface area contributed by atoms with Gasteiger partial charge in [0.15, 0.2) is 0 Å². The monoisotopic (exact) mass is 394 g/mol. The first-order chi connectivity index (χ1) is 14.1. The van der Waals surface area contributed by atoms with Crippen LogP contribution in [0.4, 0.5) is 4.39 Å². The van der Waals surface area contributed by atoms with Crippen LogP contribution in [0, 0.1) is 5.82 Å². The summed E-state index contributed by atoms with van der Waals surface area (Å²) in [6.45, 7) is 1.81. The second-order valence-corrected chi connectivity index (χ2v) is 7.28. The lowest BCUT2D eigenvalue weighted by molar-refractivity contribution is -0.137. The quantitative estimate of drug-likeness (QED) is 0.706. The molecule has 0 unspecified atom stereocenters. The number of imide groups is 1. The Balaban J connectivity index is 1.60. The molecule has 2 aromatic carbocycles. The zero-order valence-electron chi connectivity index (χ0n) is 16.4. The van der Waals surface area contributed by atoms with Crippen LogP contribution in [-0.4, -0.2) is 48.4 Å². The fourth-order valence-electron chi connectivity index (χ4n) is 3.91. The van der Waals surface area contributed by atoms with Crippen molar-refractivity contribution < 1.29 is 18.7 Å². The summed E-state index contributed by atoms with van der Waals surface area (Å²) < 4.78 is 18.6. The van der Waals surface area contributed by atoms with E-state index in [4.69, 9.17) is 4.74 Å². The Labute approximate surface area is 169 Å². The Kier molecular flexibility index (Phi) is 5.34. The molecule has 5 nitrogen and oxygen atoms in total. The molecule has 1 saturated heterocycles. The number of hydrogen-bond acceptors (Lipinski definition) is 4. The normalized spacial score (nSPS) is 16.9. The number of methoxy groups -OCH3 is 1. The number of carbonyl (C=O) groups is 2. The summed E-state index contributed by atoms with van der Waals surface area (Å²) in [6, 6.07) is 13.4. The Morgan fingerprint density at radius 2 is 1.59 bits per heavy atom. The molecule has 0 saturated carbocycles. The molecule has 2 aromatic rings. The average molecular weight is 394 g/mol. The van der Waals surface area contributed by atoms with Gasteiger partial charge in [0.1, 0.15) is 17.3 Å². The number of likely N-dealkylation sites (tertiary alicyclic amines) is 1. The van der Waals surface area contributed by atoms with Crippen LogP contribution in [0.5, 0.6) is 5.75 Å². The summed E-state index contributed by atoms with van der Waals surface area (Å²) in [5, 5.41) is 0. The van der Waals surface area contributed by atoms with Crippen LogP contribution in [0.25, 0.3) is 5.57 Å². The van der Waals surface area contributed by atoms with Gasteiger partial charge in [-0.05, 0) is 54.7 Å². The minimum atomic E-state index is -0.370. The Morgan fingerprint density at radius 3 is 2.21 bits per heavy atom. The van der Waals surface area contributed by atoms with E-state index in [2.05, 4.69) is 0 Å². The van der Waals surface area contributed by atoms with Crippen LogP contribution in [0.3, 0.4) is 0 Å². The van der Waals surface area contributed by atoms with Crippen molar-refractivity contribution in [2.24, 2.45) is 0 Å². The van der Waals surface area contributed by atoms with E-state index in [9.17, 15) is 14.0 Å². The largest absolute Gasteiger partial charge is 0.497 e. The molecular formula is C23H23FN2O3. The lowest BCUT2D eigenvalue weighted by Crippen LogP contribution is -2.36. The molecule has 29 heavy (non-hydrogen) atoms. The van der Waals surface area contributed by atoms with Gasteiger partial charge in [-0.15, -0.1) is 0 Å². The number of ether oxygens (including phenoxy) is 1. The van der Waals surface area contributed by atoms with Gasteiger partial charge in [0.05, 0.1) is 12.7 Å². The Hall–Kier alpha value is -3.15. The fraction of sp³-hybridized carbons (Fsp3) is 0.304. The van der Waals surface area contributed by atoms with E-state index in [-0.39, 0.29) is 17.6 Å².